The average Bonchev–Trinajstić information content (AvgIpc) is 3.21. The van der Waals surface area contributed by atoms with Gasteiger partial charge in [0.1, 0.15) is 0 Å². The van der Waals surface area contributed by atoms with Gasteiger partial charge in [0.25, 0.3) is 5.91 Å². The minimum Gasteiger partial charge on any atom is -0.338 e. The van der Waals surface area contributed by atoms with Crippen LogP contribution >= 0.6 is 0 Å². The molecule has 5 nitrogen and oxygen atoms in total. The zero-order valence-corrected chi connectivity index (χ0v) is 16.5. The standard InChI is InChI=1S/C22H18F4N4O/c1-28-12-18-17-8-14(21(31)29-10-13(9-23)11-29)2-7-19(17)30(20(18)27-28)16-5-3-15(4-6-16)22(24,25)26/h2-8,12-13H,9-11H2,1H3. The van der Waals surface area contributed by atoms with Crippen LogP contribution < -0.4 is 0 Å². The monoisotopic (exact) mass is 430 g/mol. The van der Waals surface area contributed by atoms with Crippen molar-refractivity contribution >= 4 is 27.8 Å². The smallest absolute Gasteiger partial charge is 0.338 e. The van der Waals surface area contributed by atoms with Crippen LogP contribution in [-0.2, 0) is 13.2 Å². The second kappa shape index (κ2) is 6.83. The van der Waals surface area contributed by atoms with Crippen molar-refractivity contribution in [3.05, 3.63) is 59.8 Å². The van der Waals surface area contributed by atoms with Gasteiger partial charge in [0.2, 0.25) is 0 Å². The van der Waals surface area contributed by atoms with Crippen molar-refractivity contribution in [2.24, 2.45) is 13.0 Å². The predicted molar refractivity (Wildman–Crippen MR) is 108 cm³/mol. The molecule has 0 aliphatic carbocycles. The van der Waals surface area contributed by atoms with Crippen LogP contribution in [0.1, 0.15) is 15.9 Å². The summed E-state index contributed by atoms with van der Waals surface area (Å²) in [6.45, 7) is 0.375. The largest absolute Gasteiger partial charge is 0.416 e. The van der Waals surface area contributed by atoms with E-state index in [-0.39, 0.29) is 11.8 Å². The summed E-state index contributed by atoms with van der Waals surface area (Å²) in [5, 5.41) is 6.04. The summed E-state index contributed by atoms with van der Waals surface area (Å²) in [5.41, 5.74) is 1.63. The molecule has 1 fully saturated rings. The van der Waals surface area contributed by atoms with E-state index in [1.165, 1.54) is 12.1 Å². The van der Waals surface area contributed by atoms with Crippen LogP contribution in [0.25, 0.3) is 27.6 Å². The number of aromatic nitrogens is 3. The van der Waals surface area contributed by atoms with Gasteiger partial charge < -0.3 is 4.90 Å². The Labute approximate surface area is 174 Å². The normalized spacial score (nSPS) is 15.1. The number of alkyl halides is 4. The molecule has 0 atom stereocenters. The summed E-state index contributed by atoms with van der Waals surface area (Å²) >= 11 is 0. The predicted octanol–water partition coefficient (Wildman–Crippen LogP) is 4.58. The molecule has 0 radical (unpaired) electrons. The summed E-state index contributed by atoms with van der Waals surface area (Å²) in [6.07, 6.45) is -2.60. The lowest BCUT2D eigenvalue weighted by Gasteiger charge is -2.37. The van der Waals surface area contributed by atoms with Gasteiger partial charge in [-0.3, -0.25) is 18.4 Å². The van der Waals surface area contributed by atoms with Gasteiger partial charge in [-0.05, 0) is 42.5 Å². The second-order valence-corrected chi connectivity index (χ2v) is 7.88. The number of halogens is 4. The number of carbonyl (C=O) groups excluding carboxylic acids is 1. The molecular weight excluding hydrogens is 412 g/mol. The van der Waals surface area contributed by atoms with E-state index in [1.807, 2.05) is 6.20 Å². The van der Waals surface area contributed by atoms with Crippen LogP contribution in [-0.4, -0.2) is 44.9 Å². The van der Waals surface area contributed by atoms with E-state index >= 15 is 0 Å². The highest BCUT2D eigenvalue weighted by atomic mass is 19.4. The first-order valence-electron chi connectivity index (χ1n) is 9.77. The van der Waals surface area contributed by atoms with E-state index in [2.05, 4.69) is 5.10 Å². The zero-order valence-electron chi connectivity index (χ0n) is 16.5. The van der Waals surface area contributed by atoms with Gasteiger partial charge in [0.05, 0.1) is 17.8 Å². The lowest BCUT2D eigenvalue weighted by Crippen LogP contribution is -2.50. The first kappa shape index (κ1) is 19.6. The van der Waals surface area contributed by atoms with E-state index in [9.17, 15) is 22.4 Å². The molecular formula is C22H18F4N4O. The molecule has 3 heterocycles. The van der Waals surface area contributed by atoms with Crippen LogP contribution in [0, 0.1) is 5.92 Å². The Bertz CT molecular complexity index is 1300. The fourth-order valence-corrected chi connectivity index (χ4v) is 4.10. The maximum Gasteiger partial charge on any atom is 0.416 e. The minimum atomic E-state index is -4.41. The first-order chi connectivity index (χ1) is 14.8. The Kier molecular flexibility index (Phi) is 4.32. The summed E-state index contributed by atoms with van der Waals surface area (Å²) in [7, 11) is 1.76. The zero-order chi connectivity index (χ0) is 21.9. The van der Waals surface area contributed by atoms with Gasteiger partial charge >= 0.3 is 6.18 Å². The van der Waals surface area contributed by atoms with E-state index < -0.39 is 18.4 Å². The highest BCUT2D eigenvalue weighted by molar-refractivity contribution is 6.10. The van der Waals surface area contributed by atoms with Crippen molar-refractivity contribution in [3.8, 4) is 5.69 Å². The molecule has 2 aromatic carbocycles. The molecule has 4 aromatic rings. The van der Waals surface area contributed by atoms with Gasteiger partial charge in [0.15, 0.2) is 5.65 Å². The van der Waals surface area contributed by atoms with Crippen LogP contribution in [0.5, 0.6) is 0 Å². The Morgan fingerprint density at radius 1 is 1.10 bits per heavy atom. The summed E-state index contributed by atoms with van der Waals surface area (Å²) < 4.78 is 55.0. The van der Waals surface area contributed by atoms with Gasteiger partial charge in [-0.2, -0.15) is 18.3 Å². The third-order valence-corrected chi connectivity index (χ3v) is 5.71. The molecule has 1 aliphatic rings. The molecule has 0 bridgehead atoms. The van der Waals surface area contributed by atoms with Crippen LogP contribution in [0.15, 0.2) is 48.7 Å². The van der Waals surface area contributed by atoms with E-state index in [0.29, 0.717) is 30.0 Å². The number of rotatable bonds is 3. The van der Waals surface area contributed by atoms with Crippen LogP contribution in [0.4, 0.5) is 17.6 Å². The van der Waals surface area contributed by atoms with Crippen LogP contribution in [0.2, 0.25) is 0 Å². The van der Waals surface area contributed by atoms with Crippen molar-refractivity contribution in [1.82, 2.24) is 19.2 Å². The molecule has 1 amide bonds. The topological polar surface area (TPSA) is 43.1 Å². The molecule has 5 rings (SSSR count). The number of amides is 1. The molecule has 1 aliphatic heterocycles. The maximum absolute atomic E-state index is 13.0. The third kappa shape index (κ3) is 3.15. The summed E-state index contributed by atoms with van der Waals surface area (Å²) in [6, 6.07) is 10.1. The molecule has 2 aromatic heterocycles. The van der Waals surface area contributed by atoms with Crippen molar-refractivity contribution < 1.29 is 22.4 Å². The molecule has 31 heavy (non-hydrogen) atoms. The number of nitrogens with zero attached hydrogens (tertiary/aromatic N) is 4. The molecule has 0 N–H and O–H groups in total. The molecule has 1 saturated heterocycles. The molecule has 9 heteroatoms. The number of benzene rings is 2. The van der Waals surface area contributed by atoms with Crippen molar-refractivity contribution in [1.29, 1.82) is 0 Å². The average molecular weight is 430 g/mol. The van der Waals surface area contributed by atoms with Crippen LogP contribution in [0.3, 0.4) is 0 Å². The highest BCUT2D eigenvalue weighted by Crippen LogP contribution is 2.34. The number of likely N-dealkylation sites (tertiary alicyclic amines) is 1. The fraction of sp³-hybridized carbons (Fsp3) is 0.273. The number of fused-ring (bicyclic) bond motifs is 3. The quantitative estimate of drug-likeness (QED) is 0.447. The maximum atomic E-state index is 13.0. The van der Waals surface area contributed by atoms with Gasteiger partial charge in [-0.15, -0.1) is 0 Å². The van der Waals surface area contributed by atoms with Gasteiger partial charge in [0, 0.05) is 54.3 Å². The fourth-order valence-electron chi connectivity index (χ4n) is 4.10. The lowest BCUT2D eigenvalue weighted by atomic mass is 10.00. The molecule has 0 saturated carbocycles. The van der Waals surface area contributed by atoms with E-state index in [1.54, 1.807) is 39.4 Å². The second-order valence-electron chi connectivity index (χ2n) is 7.88. The van der Waals surface area contributed by atoms with E-state index in [4.69, 9.17) is 0 Å². The Balaban J connectivity index is 1.61. The third-order valence-electron chi connectivity index (χ3n) is 5.71. The van der Waals surface area contributed by atoms with Gasteiger partial charge in [-0.25, -0.2) is 0 Å². The number of aryl methyl sites for hydroxylation is 1. The molecule has 0 unspecified atom stereocenters. The molecule has 0 spiro atoms. The Morgan fingerprint density at radius 3 is 2.45 bits per heavy atom. The summed E-state index contributed by atoms with van der Waals surface area (Å²) in [4.78, 5) is 14.4. The van der Waals surface area contributed by atoms with Crippen molar-refractivity contribution in [2.75, 3.05) is 19.8 Å². The molecule has 160 valence electrons. The van der Waals surface area contributed by atoms with Crippen molar-refractivity contribution in [3.63, 3.8) is 0 Å². The number of hydrogen-bond donors (Lipinski definition) is 0. The van der Waals surface area contributed by atoms with Crippen molar-refractivity contribution in [2.45, 2.75) is 6.18 Å². The summed E-state index contributed by atoms with van der Waals surface area (Å²) in [5.74, 6) is -0.260. The Morgan fingerprint density at radius 2 is 1.81 bits per heavy atom. The van der Waals surface area contributed by atoms with Gasteiger partial charge in [-0.1, -0.05) is 0 Å². The number of carbonyl (C=O) groups is 1. The first-order valence-corrected chi connectivity index (χ1v) is 9.77. The highest BCUT2D eigenvalue weighted by Gasteiger charge is 2.32. The SMILES string of the molecule is Cn1cc2c3cc(C(=O)N4CC(CF)C4)ccc3n(-c3ccc(C(F)(F)F)cc3)c2n1. The number of hydrogen-bond acceptors (Lipinski definition) is 2. The lowest BCUT2D eigenvalue weighted by molar-refractivity contribution is -0.137. The van der Waals surface area contributed by atoms with E-state index in [0.717, 1.165) is 28.4 Å². The minimum absolute atomic E-state index is 0.0986. The Hall–Kier alpha value is -3.36.